The topological polar surface area (TPSA) is 51.0 Å². The van der Waals surface area contributed by atoms with Gasteiger partial charge in [0.05, 0.1) is 5.69 Å². The van der Waals surface area contributed by atoms with Crippen molar-refractivity contribution >= 4 is 5.91 Å². The van der Waals surface area contributed by atoms with Gasteiger partial charge in [0.1, 0.15) is 6.54 Å². The highest BCUT2D eigenvalue weighted by molar-refractivity contribution is 5.75. The van der Waals surface area contributed by atoms with E-state index >= 15 is 0 Å². The summed E-state index contributed by atoms with van der Waals surface area (Å²) in [6.07, 6.45) is 4.38. The zero-order chi connectivity index (χ0) is 14.5. The highest BCUT2D eigenvalue weighted by Gasteiger charge is 2.11. The first-order valence-electron chi connectivity index (χ1n) is 6.70. The normalized spacial score (nSPS) is 10.6. The predicted octanol–water partition coefficient (Wildman–Crippen LogP) is 1.60. The molecule has 0 radical (unpaired) electrons. The summed E-state index contributed by atoms with van der Waals surface area (Å²) in [5, 5.41) is 4.31. The SMILES string of the molecule is Cc1cc(C)n(CC(=O)N(C)CCc2ccncc2)n1. The van der Waals surface area contributed by atoms with E-state index in [9.17, 15) is 4.79 Å². The molecular formula is C15H20N4O. The van der Waals surface area contributed by atoms with Gasteiger partial charge in [-0.15, -0.1) is 0 Å². The number of hydrogen-bond donors (Lipinski definition) is 0. The van der Waals surface area contributed by atoms with Crippen LogP contribution in [0.15, 0.2) is 30.6 Å². The van der Waals surface area contributed by atoms with Crippen LogP contribution in [-0.2, 0) is 17.8 Å². The van der Waals surface area contributed by atoms with Crippen LogP contribution in [0.25, 0.3) is 0 Å². The monoisotopic (exact) mass is 272 g/mol. The van der Waals surface area contributed by atoms with E-state index in [1.807, 2.05) is 39.1 Å². The Labute approximate surface area is 119 Å². The van der Waals surface area contributed by atoms with Gasteiger partial charge in [0.2, 0.25) is 5.91 Å². The lowest BCUT2D eigenvalue weighted by molar-refractivity contribution is -0.130. The summed E-state index contributed by atoms with van der Waals surface area (Å²) in [4.78, 5) is 17.9. The summed E-state index contributed by atoms with van der Waals surface area (Å²) in [5.41, 5.74) is 3.14. The molecular weight excluding hydrogens is 252 g/mol. The first-order chi connectivity index (χ1) is 9.56. The average molecular weight is 272 g/mol. The van der Waals surface area contributed by atoms with E-state index < -0.39 is 0 Å². The molecule has 5 heteroatoms. The molecule has 5 nitrogen and oxygen atoms in total. The van der Waals surface area contributed by atoms with Crippen molar-refractivity contribution in [2.24, 2.45) is 0 Å². The van der Waals surface area contributed by atoms with Crippen LogP contribution >= 0.6 is 0 Å². The number of aromatic nitrogens is 3. The minimum atomic E-state index is 0.0743. The number of carbonyl (C=O) groups excluding carboxylic acids is 1. The number of amides is 1. The number of hydrogen-bond acceptors (Lipinski definition) is 3. The van der Waals surface area contributed by atoms with Crippen LogP contribution in [0.3, 0.4) is 0 Å². The Morgan fingerprint density at radius 1 is 1.30 bits per heavy atom. The second-order valence-corrected chi connectivity index (χ2v) is 5.01. The maximum absolute atomic E-state index is 12.1. The van der Waals surface area contributed by atoms with E-state index in [1.165, 1.54) is 5.56 Å². The highest BCUT2D eigenvalue weighted by Crippen LogP contribution is 2.03. The largest absolute Gasteiger partial charge is 0.344 e. The van der Waals surface area contributed by atoms with Crippen molar-refractivity contribution in [3.63, 3.8) is 0 Å². The molecule has 0 saturated heterocycles. The average Bonchev–Trinajstić information content (AvgIpc) is 2.75. The van der Waals surface area contributed by atoms with E-state index in [2.05, 4.69) is 10.1 Å². The van der Waals surface area contributed by atoms with Crippen molar-refractivity contribution < 1.29 is 4.79 Å². The summed E-state index contributed by atoms with van der Waals surface area (Å²) in [6.45, 7) is 4.89. The lowest BCUT2D eigenvalue weighted by Crippen LogP contribution is -2.32. The van der Waals surface area contributed by atoms with Crippen LogP contribution in [0.2, 0.25) is 0 Å². The predicted molar refractivity (Wildman–Crippen MR) is 77.3 cm³/mol. The van der Waals surface area contributed by atoms with Crippen LogP contribution in [0.4, 0.5) is 0 Å². The molecule has 1 amide bonds. The molecule has 0 unspecified atom stereocenters. The number of rotatable bonds is 5. The Bertz CT molecular complexity index is 577. The fraction of sp³-hybridized carbons (Fsp3) is 0.400. The number of aryl methyl sites for hydroxylation is 2. The van der Waals surface area contributed by atoms with Gasteiger partial charge in [-0.3, -0.25) is 14.5 Å². The fourth-order valence-electron chi connectivity index (χ4n) is 2.05. The maximum Gasteiger partial charge on any atom is 0.244 e. The first-order valence-corrected chi connectivity index (χ1v) is 6.70. The van der Waals surface area contributed by atoms with Gasteiger partial charge in [-0.1, -0.05) is 0 Å². The van der Waals surface area contributed by atoms with Crippen molar-refractivity contribution in [2.45, 2.75) is 26.8 Å². The molecule has 106 valence electrons. The Hall–Kier alpha value is -2.17. The van der Waals surface area contributed by atoms with Gasteiger partial charge in [0.25, 0.3) is 0 Å². The molecule has 2 heterocycles. The van der Waals surface area contributed by atoms with Gasteiger partial charge < -0.3 is 4.90 Å². The minimum absolute atomic E-state index is 0.0743. The van der Waals surface area contributed by atoms with Crippen molar-refractivity contribution in [1.29, 1.82) is 0 Å². The fourth-order valence-corrected chi connectivity index (χ4v) is 2.05. The molecule has 0 aromatic carbocycles. The van der Waals surface area contributed by atoms with E-state index in [-0.39, 0.29) is 5.91 Å². The van der Waals surface area contributed by atoms with Crippen molar-refractivity contribution in [1.82, 2.24) is 19.7 Å². The van der Waals surface area contributed by atoms with E-state index in [4.69, 9.17) is 0 Å². The minimum Gasteiger partial charge on any atom is -0.344 e. The lowest BCUT2D eigenvalue weighted by Gasteiger charge is -2.17. The third-order valence-corrected chi connectivity index (χ3v) is 3.30. The summed E-state index contributed by atoms with van der Waals surface area (Å²) in [6, 6.07) is 5.92. The van der Waals surface area contributed by atoms with Gasteiger partial charge in [0, 0.05) is 31.7 Å². The van der Waals surface area contributed by atoms with E-state index in [1.54, 1.807) is 22.0 Å². The molecule has 2 aromatic heterocycles. The van der Waals surface area contributed by atoms with Gasteiger partial charge in [-0.05, 0) is 44.0 Å². The number of likely N-dealkylation sites (N-methyl/N-ethyl adjacent to an activating group) is 1. The summed E-state index contributed by atoms with van der Waals surface area (Å²) in [5.74, 6) is 0.0743. The molecule has 0 aliphatic heterocycles. The van der Waals surface area contributed by atoms with Crippen LogP contribution in [0.5, 0.6) is 0 Å². The third kappa shape index (κ3) is 3.66. The molecule has 0 spiro atoms. The van der Waals surface area contributed by atoms with Gasteiger partial charge in [-0.25, -0.2) is 0 Å². The Balaban J connectivity index is 1.87. The third-order valence-electron chi connectivity index (χ3n) is 3.30. The van der Waals surface area contributed by atoms with Crippen LogP contribution < -0.4 is 0 Å². The second kappa shape index (κ2) is 6.32. The molecule has 0 aliphatic rings. The lowest BCUT2D eigenvalue weighted by atomic mass is 10.2. The quantitative estimate of drug-likeness (QED) is 0.830. The molecule has 0 N–H and O–H groups in total. The van der Waals surface area contributed by atoms with Crippen molar-refractivity contribution in [2.75, 3.05) is 13.6 Å². The van der Waals surface area contributed by atoms with E-state index in [0.717, 1.165) is 17.8 Å². The summed E-state index contributed by atoms with van der Waals surface area (Å²) >= 11 is 0. The first kappa shape index (κ1) is 14.2. The summed E-state index contributed by atoms with van der Waals surface area (Å²) in [7, 11) is 1.83. The van der Waals surface area contributed by atoms with Gasteiger partial charge >= 0.3 is 0 Å². The van der Waals surface area contributed by atoms with Crippen molar-refractivity contribution in [3.05, 3.63) is 47.5 Å². The molecule has 0 fully saturated rings. The van der Waals surface area contributed by atoms with Gasteiger partial charge in [-0.2, -0.15) is 5.10 Å². The number of nitrogens with zero attached hydrogens (tertiary/aromatic N) is 4. The molecule has 2 rings (SSSR count). The molecule has 20 heavy (non-hydrogen) atoms. The zero-order valence-electron chi connectivity index (χ0n) is 12.2. The Morgan fingerprint density at radius 3 is 2.60 bits per heavy atom. The van der Waals surface area contributed by atoms with Crippen LogP contribution in [0, 0.1) is 13.8 Å². The molecule has 0 bridgehead atoms. The van der Waals surface area contributed by atoms with Gasteiger partial charge in [0.15, 0.2) is 0 Å². The second-order valence-electron chi connectivity index (χ2n) is 5.01. The summed E-state index contributed by atoms with van der Waals surface area (Å²) < 4.78 is 1.75. The maximum atomic E-state index is 12.1. The van der Waals surface area contributed by atoms with Crippen molar-refractivity contribution in [3.8, 4) is 0 Å². The molecule has 0 aliphatic carbocycles. The smallest absolute Gasteiger partial charge is 0.244 e. The van der Waals surface area contributed by atoms with Crippen LogP contribution in [-0.4, -0.2) is 39.2 Å². The van der Waals surface area contributed by atoms with E-state index in [0.29, 0.717) is 13.1 Å². The Morgan fingerprint density at radius 2 is 2.00 bits per heavy atom. The number of pyridine rings is 1. The number of carbonyl (C=O) groups is 1. The molecule has 0 atom stereocenters. The highest BCUT2D eigenvalue weighted by atomic mass is 16.2. The molecule has 0 saturated carbocycles. The zero-order valence-corrected chi connectivity index (χ0v) is 12.2. The Kier molecular flexibility index (Phi) is 4.50. The molecule has 2 aromatic rings. The van der Waals surface area contributed by atoms with Crippen LogP contribution in [0.1, 0.15) is 17.0 Å². The standard InChI is InChI=1S/C15H20N4O/c1-12-10-13(2)19(17-12)11-15(20)18(3)9-6-14-4-7-16-8-5-14/h4-5,7-8,10H,6,9,11H2,1-3H3.